The van der Waals surface area contributed by atoms with E-state index in [4.69, 9.17) is 5.11 Å². The van der Waals surface area contributed by atoms with Gasteiger partial charge in [-0.25, -0.2) is 9.18 Å². The van der Waals surface area contributed by atoms with Crippen molar-refractivity contribution in [1.82, 2.24) is 9.19 Å². The Hall–Kier alpha value is -2.88. The monoisotopic (exact) mass is 340 g/mol. The maximum Gasteiger partial charge on any atom is 0.372 e. The summed E-state index contributed by atoms with van der Waals surface area (Å²) in [5.74, 6) is -4.83. The average molecular weight is 340 g/mol. The first-order chi connectivity index (χ1) is 10.7. The van der Waals surface area contributed by atoms with Gasteiger partial charge >= 0.3 is 5.97 Å². The number of ketones is 2. The first kappa shape index (κ1) is 16.5. The number of aliphatic carboxylic acids is 1. The Kier molecular flexibility index (Phi) is 4.36. The first-order valence-corrected chi connectivity index (χ1v) is 7.52. The maximum absolute atomic E-state index is 12.9. The molecule has 0 aliphatic heterocycles. The van der Waals surface area contributed by atoms with Crippen molar-refractivity contribution in [3.05, 3.63) is 48.0 Å². The van der Waals surface area contributed by atoms with Crippen molar-refractivity contribution in [2.24, 2.45) is 0 Å². The fraction of sp³-hybridized carbons (Fsp3) is 0.0769. The number of nitrogens with zero attached hydrogens (tertiary/aromatic N) is 2. The average Bonchev–Trinajstić information content (AvgIpc) is 2.97. The van der Waals surface area contributed by atoms with Crippen molar-refractivity contribution in [3.8, 4) is 0 Å². The van der Waals surface area contributed by atoms with Crippen LogP contribution in [0.25, 0.3) is 0 Å². The lowest BCUT2D eigenvalue weighted by Gasteiger charge is -2.07. The van der Waals surface area contributed by atoms with Gasteiger partial charge in [-0.15, -0.1) is 0 Å². The molecule has 0 unspecified atom stereocenters. The molecule has 2 aromatic rings. The molecule has 0 radical (unpaired) electrons. The summed E-state index contributed by atoms with van der Waals surface area (Å²) in [6.07, 6.45) is 0.0134. The molecule has 0 aliphatic rings. The fourth-order valence-electron chi connectivity index (χ4n) is 1.70. The second-order valence-electron chi connectivity index (χ2n) is 4.35. The third kappa shape index (κ3) is 3.31. The first-order valence-electron chi connectivity index (χ1n) is 6.08. The van der Waals surface area contributed by atoms with Gasteiger partial charge in [0.15, 0.2) is 5.78 Å². The van der Waals surface area contributed by atoms with Crippen LogP contribution in [-0.4, -0.2) is 40.2 Å². The fourth-order valence-corrected chi connectivity index (χ4v) is 2.98. The topological polar surface area (TPSA) is 123 Å². The van der Waals surface area contributed by atoms with E-state index in [1.807, 2.05) is 0 Å². The van der Waals surface area contributed by atoms with Crippen LogP contribution < -0.4 is 0 Å². The summed E-state index contributed by atoms with van der Waals surface area (Å²) >= 11 is 0. The Morgan fingerprint density at radius 3 is 2.30 bits per heavy atom. The summed E-state index contributed by atoms with van der Waals surface area (Å²) in [5, 5.41) is 12.0. The molecule has 0 bridgehead atoms. The van der Waals surface area contributed by atoms with Gasteiger partial charge in [-0.1, -0.05) is 0 Å². The summed E-state index contributed by atoms with van der Waals surface area (Å²) in [7, 11) is -4.28. The van der Waals surface area contributed by atoms with Gasteiger partial charge in [-0.05, 0) is 30.3 Å². The van der Waals surface area contributed by atoms with Gasteiger partial charge in [0.1, 0.15) is 11.5 Å². The molecule has 0 atom stereocenters. The molecule has 0 saturated heterocycles. The summed E-state index contributed by atoms with van der Waals surface area (Å²) in [4.78, 5) is 33.1. The van der Waals surface area contributed by atoms with Crippen molar-refractivity contribution < 1.29 is 32.3 Å². The Labute approximate surface area is 129 Å². The highest BCUT2D eigenvalue weighted by atomic mass is 32.2. The largest absolute Gasteiger partial charge is 0.475 e. The van der Waals surface area contributed by atoms with Gasteiger partial charge in [-0.3, -0.25) is 9.59 Å². The van der Waals surface area contributed by atoms with Gasteiger partial charge in [0.05, 0.1) is 17.5 Å². The maximum atomic E-state index is 12.9. The van der Waals surface area contributed by atoms with Crippen LogP contribution in [0.5, 0.6) is 0 Å². The highest BCUT2D eigenvalue weighted by Gasteiger charge is 2.26. The molecular weight excluding hydrogens is 331 g/mol. The molecule has 1 aromatic carbocycles. The quantitative estimate of drug-likeness (QED) is 0.461. The normalized spacial score (nSPS) is 11.2. The predicted octanol–water partition coefficient (Wildman–Crippen LogP) is 0.486. The number of benzene rings is 1. The number of rotatable bonds is 6. The summed E-state index contributed by atoms with van der Waals surface area (Å²) in [6.45, 7) is 0. The SMILES string of the molecule is O=C(O)C(=O)CC(=O)c1ccnn1S(=O)(=O)c1ccc(F)cc1. The third-order valence-electron chi connectivity index (χ3n) is 2.79. The zero-order valence-corrected chi connectivity index (χ0v) is 12.2. The van der Waals surface area contributed by atoms with E-state index in [1.165, 1.54) is 0 Å². The third-order valence-corrected chi connectivity index (χ3v) is 4.41. The molecule has 8 nitrogen and oxygen atoms in total. The summed E-state index contributed by atoms with van der Waals surface area (Å²) in [5.41, 5.74) is -0.469. The van der Waals surface area contributed by atoms with Crippen molar-refractivity contribution in [2.45, 2.75) is 11.3 Å². The van der Waals surface area contributed by atoms with Crippen molar-refractivity contribution in [1.29, 1.82) is 0 Å². The lowest BCUT2D eigenvalue weighted by atomic mass is 10.1. The summed E-state index contributed by atoms with van der Waals surface area (Å²) < 4.78 is 38.0. The highest BCUT2D eigenvalue weighted by molar-refractivity contribution is 7.89. The standard InChI is InChI=1S/C13H9FN2O6S/c14-8-1-3-9(4-2-8)23(21,22)16-10(5-6-15-16)11(17)7-12(18)13(19)20/h1-6H,7H2,(H,19,20). The smallest absolute Gasteiger partial charge is 0.372 e. The van der Waals surface area contributed by atoms with E-state index in [0.29, 0.717) is 4.09 Å². The van der Waals surface area contributed by atoms with Crippen LogP contribution in [0.15, 0.2) is 41.4 Å². The van der Waals surface area contributed by atoms with Crippen LogP contribution in [0.3, 0.4) is 0 Å². The van der Waals surface area contributed by atoms with E-state index in [2.05, 4.69) is 5.10 Å². The van der Waals surface area contributed by atoms with Crippen molar-refractivity contribution in [3.63, 3.8) is 0 Å². The second-order valence-corrected chi connectivity index (χ2v) is 6.11. The number of carboxylic acid groups (broad SMARTS) is 1. The van der Waals surface area contributed by atoms with E-state index in [9.17, 15) is 27.2 Å². The van der Waals surface area contributed by atoms with Crippen LogP contribution in [-0.2, 0) is 19.6 Å². The summed E-state index contributed by atoms with van der Waals surface area (Å²) in [6, 6.07) is 4.86. The molecule has 0 fully saturated rings. The molecule has 10 heteroatoms. The minimum atomic E-state index is -4.28. The van der Waals surface area contributed by atoms with Gasteiger partial charge < -0.3 is 5.11 Å². The van der Waals surface area contributed by atoms with E-state index < -0.39 is 45.5 Å². The number of Topliss-reactive ketones (excluding diaryl/α,β-unsaturated/α-hetero) is 2. The van der Waals surface area contributed by atoms with Gasteiger partial charge in [0, 0.05) is 0 Å². The van der Waals surface area contributed by atoms with Crippen LogP contribution in [0.1, 0.15) is 16.9 Å². The van der Waals surface area contributed by atoms with Crippen LogP contribution in [0.2, 0.25) is 0 Å². The minimum Gasteiger partial charge on any atom is -0.475 e. The highest BCUT2D eigenvalue weighted by Crippen LogP contribution is 2.16. The number of aromatic nitrogens is 2. The molecule has 120 valence electrons. The number of carbonyl (C=O) groups is 3. The molecule has 2 rings (SSSR count). The number of hydrogen-bond donors (Lipinski definition) is 1. The van der Waals surface area contributed by atoms with Gasteiger partial charge in [0.25, 0.3) is 10.0 Å². The van der Waals surface area contributed by atoms with E-state index >= 15 is 0 Å². The second kappa shape index (κ2) is 6.08. The van der Waals surface area contributed by atoms with Crippen molar-refractivity contribution >= 4 is 27.6 Å². The lowest BCUT2D eigenvalue weighted by Crippen LogP contribution is -2.23. The Balaban J connectivity index is 2.40. The van der Waals surface area contributed by atoms with Gasteiger partial charge in [0.2, 0.25) is 5.78 Å². The molecule has 0 amide bonds. The molecule has 0 saturated carbocycles. The number of carbonyl (C=O) groups excluding carboxylic acids is 2. The van der Waals surface area contributed by atoms with Crippen LogP contribution >= 0.6 is 0 Å². The number of halogens is 1. The Morgan fingerprint density at radius 1 is 1.13 bits per heavy atom. The van der Waals surface area contributed by atoms with Crippen LogP contribution in [0.4, 0.5) is 4.39 Å². The molecular formula is C13H9FN2O6S. The van der Waals surface area contributed by atoms with Gasteiger partial charge in [-0.2, -0.15) is 17.6 Å². The van der Waals surface area contributed by atoms with E-state index in [-0.39, 0.29) is 4.90 Å². The lowest BCUT2D eigenvalue weighted by molar-refractivity contribution is -0.148. The Morgan fingerprint density at radius 2 is 1.74 bits per heavy atom. The predicted molar refractivity (Wildman–Crippen MR) is 72.8 cm³/mol. The van der Waals surface area contributed by atoms with E-state index in [0.717, 1.165) is 36.5 Å². The zero-order chi connectivity index (χ0) is 17.2. The van der Waals surface area contributed by atoms with E-state index in [1.54, 1.807) is 0 Å². The van der Waals surface area contributed by atoms with Crippen molar-refractivity contribution in [2.75, 3.05) is 0 Å². The molecule has 1 aromatic heterocycles. The number of carboxylic acids is 1. The molecule has 0 aliphatic carbocycles. The minimum absolute atomic E-state index is 0.318. The van der Waals surface area contributed by atoms with Crippen LogP contribution in [0, 0.1) is 5.82 Å². The number of hydrogen-bond acceptors (Lipinski definition) is 6. The molecule has 0 spiro atoms. The Bertz CT molecular complexity index is 885. The molecule has 1 heterocycles. The molecule has 23 heavy (non-hydrogen) atoms. The molecule has 1 N–H and O–H groups in total. The zero-order valence-electron chi connectivity index (χ0n) is 11.3.